The third-order valence-corrected chi connectivity index (χ3v) is 2.55. The summed E-state index contributed by atoms with van der Waals surface area (Å²) in [5, 5.41) is 0. The Balaban J connectivity index is 2.04. The van der Waals surface area contributed by atoms with E-state index in [9.17, 15) is 9.18 Å². The summed E-state index contributed by atoms with van der Waals surface area (Å²) in [6, 6.07) is 5.91. The lowest BCUT2D eigenvalue weighted by Crippen LogP contribution is -2.15. The fourth-order valence-electron chi connectivity index (χ4n) is 1.49. The van der Waals surface area contributed by atoms with Crippen LogP contribution in [0.3, 0.4) is 0 Å². The molecule has 0 bridgehead atoms. The number of nitrogens with zero attached hydrogens (tertiary/aromatic N) is 4. The summed E-state index contributed by atoms with van der Waals surface area (Å²) < 4.78 is 28.3. The average Bonchev–Trinajstić information content (AvgIpc) is 2.56. The molecule has 0 spiro atoms. The largest absolute Gasteiger partial charge is 0.521 e. The zero-order valence-electron chi connectivity index (χ0n) is 13.3. The smallest absolute Gasteiger partial charge is 0.497 e. The van der Waals surface area contributed by atoms with Gasteiger partial charge in [-0.15, -0.1) is 0 Å². The van der Waals surface area contributed by atoms with Crippen LogP contribution in [0.2, 0.25) is 0 Å². The molecule has 0 saturated carbocycles. The molecule has 0 aliphatic carbocycles. The molecule has 2 aromatic rings. The van der Waals surface area contributed by atoms with E-state index in [1.54, 1.807) is 31.1 Å². The molecule has 0 atom stereocenters. The molecule has 1 aromatic heterocycles. The number of benzene rings is 1. The Bertz CT molecular complexity index is 735. The van der Waals surface area contributed by atoms with Gasteiger partial charge in [-0.05, 0) is 24.3 Å². The summed E-state index contributed by atoms with van der Waals surface area (Å²) >= 11 is 0. The molecule has 24 heavy (non-hydrogen) atoms. The maximum absolute atomic E-state index is 13.5. The van der Waals surface area contributed by atoms with Crippen molar-refractivity contribution in [2.75, 3.05) is 21.2 Å². The molecule has 0 N–H and O–H groups in total. The highest BCUT2D eigenvalue weighted by atomic mass is 19.1. The number of rotatable bonds is 5. The molecule has 0 amide bonds. The van der Waals surface area contributed by atoms with Crippen LogP contribution < -0.4 is 14.2 Å². The summed E-state index contributed by atoms with van der Waals surface area (Å²) in [5.41, 5.74) is 0. The van der Waals surface area contributed by atoms with Crippen molar-refractivity contribution in [2.45, 2.75) is 0 Å². The van der Waals surface area contributed by atoms with Crippen molar-refractivity contribution in [1.82, 2.24) is 14.9 Å². The van der Waals surface area contributed by atoms with Crippen LogP contribution in [0.4, 0.5) is 15.0 Å². The van der Waals surface area contributed by atoms with Crippen LogP contribution in [0, 0.1) is 5.82 Å². The first-order chi connectivity index (χ1) is 11.5. The van der Waals surface area contributed by atoms with Crippen molar-refractivity contribution < 1.29 is 23.4 Å². The third-order valence-electron chi connectivity index (χ3n) is 2.55. The molecule has 9 heteroatoms. The van der Waals surface area contributed by atoms with Crippen LogP contribution >= 0.6 is 0 Å². The minimum atomic E-state index is -1.06. The monoisotopic (exact) mass is 334 g/mol. The van der Waals surface area contributed by atoms with Gasteiger partial charge in [-0.3, -0.25) is 0 Å². The van der Waals surface area contributed by atoms with Crippen molar-refractivity contribution in [1.29, 1.82) is 0 Å². The molecule has 0 radical (unpaired) electrons. The topological polar surface area (TPSA) is 86.1 Å². The van der Waals surface area contributed by atoms with E-state index in [0.29, 0.717) is 5.75 Å². The molecule has 126 valence electrons. The molecule has 2 rings (SSSR count). The first-order valence-corrected chi connectivity index (χ1v) is 6.75. The van der Waals surface area contributed by atoms with Gasteiger partial charge in [0, 0.05) is 14.1 Å². The van der Waals surface area contributed by atoms with Gasteiger partial charge in [-0.25, -0.2) is 19.2 Å². The van der Waals surface area contributed by atoms with Gasteiger partial charge in [-0.2, -0.15) is 4.98 Å². The Morgan fingerprint density at radius 1 is 1.21 bits per heavy atom. The highest BCUT2D eigenvalue weighted by Crippen LogP contribution is 2.19. The molecule has 0 aliphatic rings. The van der Waals surface area contributed by atoms with Gasteiger partial charge in [0.1, 0.15) is 11.5 Å². The van der Waals surface area contributed by atoms with Crippen molar-refractivity contribution in [3.8, 4) is 17.5 Å². The van der Waals surface area contributed by atoms with Gasteiger partial charge in [0.2, 0.25) is 0 Å². The summed E-state index contributed by atoms with van der Waals surface area (Å²) in [6.45, 7) is 0. The molecule has 0 unspecified atom stereocenters. The lowest BCUT2D eigenvalue weighted by Gasteiger charge is -2.06. The number of carbonyl (C=O) groups excluding carboxylic acids is 1. The Morgan fingerprint density at radius 3 is 2.50 bits per heavy atom. The quantitative estimate of drug-likeness (QED) is 0.359. The maximum atomic E-state index is 13.5. The van der Waals surface area contributed by atoms with Gasteiger partial charge >= 0.3 is 12.2 Å². The zero-order valence-corrected chi connectivity index (χ0v) is 13.3. The summed E-state index contributed by atoms with van der Waals surface area (Å²) in [4.78, 5) is 24.4. The van der Waals surface area contributed by atoms with E-state index < -0.39 is 12.0 Å². The molecule has 0 fully saturated rings. The van der Waals surface area contributed by atoms with Crippen LogP contribution in [0.1, 0.15) is 0 Å². The van der Waals surface area contributed by atoms with E-state index in [0.717, 1.165) is 6.20 Å². The van der Waals surface area contributed by atoms with Gasteiger partial charge in [0.15, 0.2) is 11.6 Å². The first-order valence-electron chi connectivity index (χ1n) is 6.75. The lowest BCUT2D eigenvalue weighted by atomic mass is 10.3. The number of methoxy groups -OCH3 is 1. The van der Waals surface area contributed by atoms with E-state index in [1.807, 2.05) is 0 Å². The van der Waals surface area contributed by atoms with Gasteiger partial charge in [0.05, 0.1) is 19.6 Å². The Kier molecular flexibility index (Phi) is 5.61. The number of aliphatic imine (C=N–C) groups is 1. The van der Waals surface area contributed by atoms with Crippen molar-refractivity contribution in [2.24, 2.45) is 4.99 Å². The number of aromatic nitrogens is 2. The van der Waals surface area contributed by atoms with Crippen molar-refractivity contribution in [3.05, 3.63) is 36.3 Å². The van der Waals surface area contributed by atoms with Crippen LogP contribution in [0.5, 0.6) is 17.5 Å². The average molecular weight is 334 g/mol. The van der Waals surface area contributed by atoms with E-state index in [2.05, 4.69) is 15.0 Å². The number of carbonyl (C=O) groups is 1. The van der Waals surface area contributed by atoms with Crippen molar-refractivity contribution >= 4 is 18.3 Å². The highest BCUT2D eigenvalue weighted by molar-refractivity contribution is 5.66. The van der Waals surface area contributed by atoms with Crippen LogP contribution in [0.25, 0.3) is 0 Å². The highest BCUT2D eigenvalue weighted by Gasteiger charge is 2.13. The Hall–Kier alpha value is -3.23. The Morgan fingerprint density at radius 2 is 1.88 bits per heavy atom. The fourth-order valence-corrected chi connectivity index (χ4v) is 1.49. The second-order valence-electron chi connectivity index (χ2n) is 4.66. The lowest BCUT2D eigenvalue weighted by molar-refractivity contribution is 0.147. The van der Waals surface area contributed by atoms with E-state index in [-0.39, 0.29) is 17.6 Å². The second kappa shape index (κ2) is 7.86. The number of hydrogen-bond donors (Lipinski definition) is 0. The van der Waals surface area contributed by atoms with Gasteiger partial charge in [0.25, 0.3) is 0 Å². The van der Waals surface area contributed by atoms with Crippen LogP contribution in [0.15, 0.2) is 35.5 Å². The molecule has 8 nitrogen and oxygen atoms in total. The fraction of sp³-hybridized carbons (Fsp3) is 0.200. The normalized spacial score (nSPS) is 10.5. The van der Waals surface area contributed by atoms with E-state index >= 15 is 0 Å². The van der Waals surface area contributed by atoms with Gasteiger partial charge < -0.3 is 19.1 Å². The second-order valence-corrected chi connectivity index (χ2v) is 4.66. The summed E-state index contributed by atoms with van der Waals surface area (Å²) in [6.07, 6.45) is 1.14. The molecule has 1 heterocycles. The van der Waals surface area contributed by atoms with E-state index in [4.69, 9.17) is 14.2 Å². The predicted octanol–water partition coefficient (Wildman–Crippen LogP) is 2.42. The van der Waals surface area contributed by atoms with Crippen LogP contribution in [-0.4, -0.2) is 48.6 Å². The van der Waals surface area contributed by atoms with Crippen LogP contribution in [-0.2, 0) is 0 Å². The minimum Gasteiger partial charge on any atom is -0.497 e. The molecular formula is C15H15FN4O4. The maximum Gasteiger partial charge on any atom is 0.521 e. The Labute approximate surface area is 137 Å². The predicted molar refractivity (Wildman–Crippen MR) is 83.5 cm³/mol. The summed E-state index contributed by atoms with van der Waals surface area (Å²) in [5.74, 6) is -0.148. The van der Waals surface area contributed by atoms with Crippen molar-refractivity contribution in [3.63, 3.8) is 0 Å². The minimum absolute atomic E-state index is 0.244. The summed E-state index contributed by atoms with van der Waals surface area (Å²) in [7, 11) is 4.95. The molecule has 1 aromatic carbocycles. The number of hydrogen-bond acceptors (Lipinski definition) is 7. The van der Waals surface area contributed by atoms with E-state index in [1.165, 1.54) is 25.6 Å². The molecule has 0 aliphatic heterocycles. The molecular weight excluding hydrogens is 319 g/mol. The number of halogens is 1. The molecule has 0 saturated heterocycles. The van der Waals surface area contributed by atoms with Gasteiger partial charge in [-0.1, -0.05) is 0 Å². The zero-order chi connectivity index (χ0) is 17.5. The standard InChI is InChI=1S/C15H15FN4O4/c1-20(2)9-18-13-12(16)8-17-14(19-13)24-15(21)23-11-6-4-10(22-3)5-7-11/h4-9H,1-3H3/b18-9+. The first kappa shape index (κ1) is 17.1. The number of ether oxygens (including phenoxy) is 3. The third kappa shape index (κ3) is 4.90. The SMILES string of the molecule is COc1ccc(OC(=O)Oc2ncc(F)c(/N=C/N(C)C)n2)cc1.